The third-order valence-corrected chi connectivity index (χ3v) is 12.6. The Morgan fingerprint density at radius 3 is 2.19 bits per heavy atom. The molecule has 0 spiro atoms. The van der Waals surface area contributed by atoms with Crippen LogP contribution in [0.15, 0.2) is 12.7 Å². The van der Waals surface area contributed by atoms with Crippen molar-refractivity contribution in [2.24, 2.45) is 17.8 Å². The monoisotopic (exact) mass is 775 g/mol. The molecule has 0 bridgehead atoms. The van der Waals surface area contributed by atoms with E-state index in [1.165, 1.54) is 14.0 Å². The number of hydrogen-bond donors (Lipinski definition) is 6. The second kappa shape index (κ2) is 18.5. The van der Waals surface area contributed by atoms with Gasteiger partial charge in [0.25, 0.3) is 0 Å². The Hall–Kier alpha value is -1.27. The molecule has 0 amide bonds. The number of likely N-dealkylation sites (N-methyl/N-ethyl adjacent to an activating group) is 1. The summed E-state index contributed by atoms with van der Waals surface area (Å²) >= 11 is 0. The molecule has 54 heavy (non-hydrogen) atoms. The summed E-state index contributed by atoms with van der Waals surface area (Å²) in [5, 5.41) is 62.1. The topological polar surface area (TPSA) is 189 Å². The van der Waals surface area contributed by atoms with E-state index in [9.17, 15) is 30.3 Å². The fourth-order valence-electron chi connectivity index (χ4n) is 9.02. The van der Waals surface area contributed by atoms with Crippen molar-refractivity contribution in [2.75, 3.05) is 27.7 Å². The van der Waals surface area contributed by atoms with Crippen molar-refractivity contribution in [1.82, 2.24) is 10.2 Å². The average molecular weight is 775 g/mol. The number of esters is 1. The van der Waals surface area contributed by atoms with Gasteiger partial charge in [-0.2, -0.15) is 0 Å². The lowest BCUT2D eigenvalue weighted by atomic mass is 9.73. The molecule has 316 valence electrons. The first-order valence-corrected chi connectivity index (χ1v) is 19.8. The van der Waals surface area contributed by atoms with Crippen LogP contribution < -0.4 is 5.32 Å². The molecule has 3 aliphatic rings. The van der Waals surface area contributed by atoms with Crippen LogP contribution in [0.2, 0.25) is 0 Å². The van der Waals surface area contributed by atoms with Crippen molar-refractivity contribution in [3.8, 4) is 0 Å². The van der Waals surface area contributed by atoms with Crippen LogP contribution in [-0.2, 0) is 33.2 Å². The van der Waals surface area contributed by atoms with E-state index in [1.807, 2.05) is 39.8 Å². The number of hydrogen-bond acceptors (Lipinski definition) is 14. The summed E-state index contributed by atoms with van der Waals surface area (Å²) in [6.45, 7) is 21.6. The lowest BCUT2D eigenvalue weighted by Crippen LogP contribution is -2.66. The molecule has 14 heteroatoms. The van der Waals surface area contributed by atoms with E-state index in [4.69, 9.17) is 28.4 Å². The molecule has 0 aromatic heterocycles. The van der Waals surface area contributed by atoms with Gasteiger partial charge >= 0.3 is 5.97 Å². The molecule has 0 unspecified atom stereocenters. The van der Waals surface area contributed by atoms with Gasteiger partial charge in [-0.15, -0.1) is 6.58 Å². The minimum absolute atomic E-state index is 0.0800. The molecule has 3 fully saturated rings. The van der Waals surface area contributed by atoms with Gasteiger partial charge in [0.05, 0.1) is 35.9 Å². The number of carbonyl (C=O) groups excluding carboxylic acids is 1. The van der Waals surface area contributed by atoms with Crippen molar-refractivity contribution in [1.29, 1.82) is 0 Å². The highest BCUT2D eigenvalue weighted by Crippen LogP contribution is 2.44. The second-order valence-corrected chi connectivity index (χ2v) is 17.5. The number of rotatable bonds is 9. The molecule has 18 atom stereocenters. The van der Waals surface area contributed by atoms with Crippen LogP contribution in [0.1, 0.15) is 101 Å². The molecule has 3 saturated heterocycles. The molecule has 0 aromatic rings. The van der Waals surface area contributed by atoms with Crippen LogP contribution in [-0.4, -0.2) is 154 Å². The molecule has 0 aromatic carbocycles. The van der Waals surface area contributed by atoms with E-state index in [0.717, 1.165) is 0 Å². The Morgan fingerprint density at radius 2 is 1.63 bits per heavy atom. The highest BCUT2D eigenvalue weighted by Gasteiger charge is 2.58. The molecule has 0 saturated carbocycles. The number of cyclic esters (lactones) is 1. The lowest BCUT2D eigenvalue weighted by Gasteiger charge is -2.53. The average Bonchev–Trinajstić information content (AvgIpc) is 3.09. The number of methoxy groups -OCH3 is 1. The Bertz CT molecular complexity index is 1220. The molecule has 3 heterocycles. The zero-order chi connectivity index (χ0) is 41.1. The summed E-state index contributed by atoms with van der Waals surface area (Å²) in [5.74, 6) is -2.68. The van der Waals surface area contributed by atoms with Crippen molar-refractivity contribution in [2.45, 2.75) is 191 Å². The number of aliphatic hydroxyl groups is 5. The van der Waals surface area contributed by atoms with Gasteiger partial charge in [-0.3, -0.25) is 4.79 Å². The van der Waals surface area contributed by atoms with Crippen LogP contribution in [0.25, 0.3) is 0 Å². The number of carbonyl (C=O) groups is 1. The van der Waals surface area contributed by atoms with Crippen molar-refractivity contribution in [3.63, 3.8) is 0 Å². The van der Waals surface area contributed by atoms with Crippen LogP contribution in [0.4, 0.5) is 0 Å². The molecule has 6 N–H and O–H groups in total. The van der Waals surface area contributed by atoms with Gasteiger partial charge in [0, 0.05) is 31.5 Å². The number of ether oxygens (including phenoxy) is 6. The molecule has 0 aliphatic carbocycles. The largest absolute Gasteiger partial charge is 0.459 e. The summed E-state index contributed by atoms with van der Waals surface area (Å²) in [6.07, 6.45) is -5.83. The van der Waals surface area contributed by atoms with Gasteiger partial charge in [0.15, 0.2) is 12.6 Å². The highest BCUT2D eigenvalue weighted by molar-refractivity contribution is 5.73. The molecule has 0 radical (unpaired) electrons. The van der Waals surface area contributed by atoms with E-state index in [-0.39, 0.29) is 43.7 Å². The Morgan fingerprint density at radius 1 is 1.00 bits per heavy atom. The maximum absolute atomic E-state index is 14.3. The predicted octanol–water partition coefficient (Wildman–Crippen LogP) is 2.50. The number of nitrogens with zero attached hydrogens (tertiary/aromatic N) is 1. The van der Waals surface area contributed by atoms with Crippen LogP contribution in [0.3, 0.4) is 0 Å². The SMILES string of the molecule is C=CC[C@@]1(O)[C@H](C)O[C@@H](O[C@H]2[C@H](C)[C@@H](O[C@@H]3O[C@H](C)C[C@H](N(C)C)[C@H]3O)[C@](C)(O)C[C@@H](C)CN[C@H](C)[C@@H](O)[C@](C)(O)[C@@H](CC)OC(=O)[C@@H]2C)C[C@@]1(C)OC. The third kappa shape index (κ3) is 10.0. The minimum Gasteiger partial charge on any atom is -0.459 e. The first-order valence-electron chi connectivity index (χ1n) is 19.8. The third-order valence-electron chi connectivity index (χ3n) is 12.6. The first kappa shape index (κ1) is 47.1. The number of nitrogens with one attached hydrogen (secondary N) is 1. The fourth-order valence-corrected chi connectivity index (χ4v) is 9.02. The standard InChI is InChI=1S/C40H74N2O12/c1-15-17-40(48)27(8)51-30(20-38(40,10)49-14)53-32-24(5)34(54-36-31(43)28(42(12)13)18-23(4)50-36)37(9,46)19-22(3)21-41-26(7)33(44)39(11,47)29(16-2)52-35(45)25(32)6/h15,22-34,36,41,43-44,46-48H,1,16-21H2,2-14H3/t22-,23-,24+,25-,26-,27+,28+,29-,30+,31-,32+,33-,34-,36+,37-,38-,39-,40-/m1/s1. The van der Waals surface area contributed by atoms with Crippen LogP contribution in [0.5, 0.6) is 0 Å². The fraction of sp³-hybridized carbons (Fsp3) is 0.925. The van der Waals surface area contributed by atoms with Crippen molar-refractivity contribution in [3.05, 3.63) is 12.7 Å². The molecule has 3 aliphatic heterocycles. The Labute approximate surface area is 323 Å². The van der Waals surface area contributed by atoms with Gasteiger partial charge in [0.2, 0.25) is 0 Å². The van der Waals surface area contributed by atoms with E-state index >= 15 is 0 Å². The molecule has 3 rings (SSSR count). The van der Waals surface area contributed by atoms with Gasteiger partial charge in [-0.05, 0) is 101 Å². The minimum atomic E-state index is -1.81. The van der Waals surface area contributed by atoms with Crippen LogP contribution >= 0.6 is 0 Å². The molecule has 14 nitrogen and oxygen atoms in total. The van der Waals surface area contributed by atoms with Gasteiger partial charge in [0.1, 0.15) is 35.1 Å². The van der Waals surface area contributed by atoms with Crippen molar-refractivity contribution >= 4 is 5.97 Å². The Balaban J connectivity index is 2.18. The number of aliphatic hydroxyl groups excluding tert-OH is 2. The van der Waals surface area contributed by atoms with Crippen molar-refractivity contribution < 1.29 is 58.7 Å². The van der Waals surface area contributed by atoms with E-state index in [1.54, 1.807) is 47.6 Å². The summed E-state index contributed by atoms with van der Waals surface area (Å²) in [7, 11) is 5.27. The predicted molar refractivity (Wildman–Crippen MR) is 203 cm³/mol. The normalized spacial score (nSPS) is 49.1. The zero-order valence-electron chi connectivity index (χ0n) is 35.2. The zero-order valence-corrected chi connectivity index (χ0v) is 35.2. The Kier molecular flexibility index (Phi) is 16.2. The lowest BCUT2D eigenvalue weighted by molar-refractivity contribution is -0.337. The summed E-state index contributed by atoms with van der Waals surface area (Å²) in [4.78, 5) is 16.2. The summed E-state index contributed by atoms with van der Waals surface area (Å²) in [5.41, 5.74) is -5.97. The summed E-state index contributed by atoms with van der Waals surface area (Å²) < 4.78 is 38.0. The quantitative estimate of drug-likeness (QED) is 0.148. The maximum Gasteiger partial charge on any atom is 0.311 e. The van der Waals surface area contributed by atoms with E-state index in [0.29, 0.717) is 13.0 Å². The van der Waals surface area contributed by atoms with Gasteiger partial charge in [-0.25, -0.2) is 0 Å². The van der Waals surface area contributed by atoms with Gasteiger partial charge < -0.3 is 64.2 Å². The van der Waals surface area contributed by atoms with E-state index < -0.39 is 95.5 Å². The molecular weight excluding hydrogens is 700 g/mol. The second-order valence-electron chi connectivity index (χ2n) is 17.5. The summed E-state index contributed by atoms with van der Waals surface area (Å²) in [6, 6.07) is -0.879. The first-order chi connectivity index (χ1) is 24.9. The van der Waals surface area contributed by atoms with E-state index in [2.05, 4.69) is 11.9 Å². The smallest absolute Gasteiger partial charge is 0.311 e. The van der Waals surface area contributed by atoms with Gasteiger partial charge in [-0.1, -0.05) is 26.8 Å². The maximum atomic E-state index is 14.3. The highest BCUT2D eigenvalue weighted by atomic mass is 16.7. The van der Waals surface area contributed by atoms with Crippen LogP contribution in [0, 0.1) is 17.8 Å². The molecular formula is C40H74N2O12.